The van der Waals surface area contributed by atoms with E-state index in [1.165, 1.54) is 6.08 Å². The first-order valence-electron chi connectivity index (χ1n) is 15.3. The Morgan fingerprint density at radius 3 is 2.25 bits per heavy atom. The van der Waals surface area contributed by atoms with Gasteiger partial charge in [0.15, 0.2) is 0 Å². The van der Waals surface area contributed by atoms with Crippen molar-refractivity contribution in [1.82, 2.24) is 20.0 Å². The molecule has 234 valence electrons. The van der Waals surface area contributed by atoms with Gasteiger partial charge < -0.3 is 31.9 Å². The number of imide groups is 2. The summed E-state index contributed by atoms with van der Waals surface area (Å²) in [5.74, 6) is -1.40. The minimum Gasteiger partial charge on any atom is -0.394 e. The number of likely N-dealkylation sites (tertiary alicyclic amines) is 2. The fraction of sp³-hybridized carbons (Fsp3) is 0.516. The van der Waals surface area contributed by atoms with Gasteiger partial charge in [0.2, 0.25) is 11.8 Å². The summed E-state index contributed by atoms with van der Waals surface area (Å²) in [6.07, 6.45) is 7.70. The number of carbonyl (C=O) groups excluding carboxylic acids is 5. The fourth-order valence-corrected chi connectivity index (χ4v) is 7.23. The number of allylic oxidation sites excluding steroid dienone is 2. The zero-order valence-electron chi connectivity index (χ0n) is 24.8. The van der Waals surface area contributed by atoms with E-state index in [1.807, 2.05) is 6.07 Å². The van der Waals surface area contributed by atoms with Gasteiger partial charge in [-0.1, -0.05) is 0 Å². The second-order valence-corrected chi connectivity index (χ2v) is 12.8. The van der Waals surface area contributed by atoms with Crippen molar-refractivity contribution in [3.63, 3.8) is 0 Å². The van der Waals surface area contributed by atoms with Gasteiger partial charge in [-0.25, -0.2) is 0 Å². The van der Waals surface area contributed by atoms with Gasteiger partial charge in [0.25, 0.3) is 17.7 Å². The van der Waals surface area contributed by atoms with Crippen molar-refractivity contribution >= 4 is 35.2 Å². The maximum Gasteiger partial charge on any atom is 0.264 e. The summed E-state index contributed by atoms with van der Waals surface area (Å²) in [4.78, 5) is 69.2. The molecule has 7 N–H and O–H groups in total. The van der Waals surface area contributed by atoms with Crippen LogP contribution >= 0.6 is 0 Å². The van der Waals surface area contributed by atoms with Gasteiger partial charge >= 0.3 is 0 Å². The fourth-order valence-electron chi connectivity index (χ4n) is 7.23. The topological polar surface area (TPSA) is 188 Å². The first kappa shape index (κ1) is 29.7. The van der Waals surface area contributed by atoms with Crippen molar-refractivity contribution in [3.8, 4) is 0 Å². The number of anilines is 1. The minimum absolute atomic E-state index is 0.0162. The quantitative estimate of drug-likeness (QED) is 0.185. The van der Waals surface area contributed by atoms with Gasteiger partial charge in [-0.3, -0.25) is 34.2 Å². The van der Waals surface area contributed by atoms with E-state index < -0.39 is 29.7 Å². The summed E-state index contributed by atoms with van der Waals surface area (Å²) in [6.45, 7) is 6.76. The summed E-state index contributed by atoms with van der Waals surface area (Å²) >= 11 is 0. The van der Waals surface area contributed by atoms with Crippen LogP contribution in [0.4, 0.5) is 5.69 Å². The highest BCUT2D eigenvalue weighted by molar-refractivity contribution is 6.23. The lowest BCUT2D eigenvalue weighted by molar-refractivity contribution is -0.136. The van der Waals surface area contributed by atoms with Gasteiger partial charge in [-0.05, 0) is 81.5 Å². The van der Waals surface area contributed by atoms with Crippen molar-refractivity contribution in [2.45, 2.75) is 44.6 Å². The van der Waals surface area contributed by atoms with Crippen LogP contribution in [0.1, 0.15) is 59.2 Å². The number of primary amides is 1. The Labute approximate surface area is 256 Å². The number of nitrogens with one attached hydrogen (secondary N) is 1. The van der Waals surface area contributed by atoms with E-state index in [0.717, 1.165) is 82.1 Å². The molecule has 0 aliphatic carbocycles. The van der Waals surface area contributed by atoms with Crippen LogP contribution in [0, 0.1) is 11.3 Å². The maximum atomic E-state index is 13.2. The third-order valence-electron chi connectivity index (χ3n) is 9.97. The number of piperidine rings is 3. The van der Waals surface area contributed by atoms with Gasteiger partial charge in [0, 0.05) is 50.2 Å². The third kappa shape index (κ3) is 5.63. The Balaban J connectivity index is 0.975. The average molecular weight is 605 g/mol. The molecule has 0 radical (unpaired) electrons. The molecule has 1 aromatic carbocycles. The predicted molar refractivity (Wildman–Crippen MR) is 161 cm³/mol. The number of carbonyl (C=O) groups is 5. The number of fused-ring (bicyclic) bond motifs is 1. The highest BCUT2D eigenvalue weighted by Crippen LogP contribution is 2.44. The van der Waals surface area contributed by atoms with Crippen LogP contribution in [0.25, 0.3) is 0 Å². The first-order chi connectivity index (χ1) is 21.0. The second kappa shape index (κ2) is 11.6. The van der Waals surface area contributed by atoms with E-state index in [1.54, 1.807) is 18.2 Å². The molecule has 4 fully saturated rings. The van der Waals surface area contributed by atoms with E-state index in [2.05, 4.69) is 20.0 Å². The minimum atomic E-state index is -0.958. The number of hydrogen-bond acceptors (Lipinski definition) is 10. The SMILES string of the molecule is NC(=O)/C(N)=C/C=C(\N)N1CCC(CN2CCC3(CC2)CN(c2ccc4c(c2)C(=O)N(C2CCC(=O)NC2=O)C4=O)C3)CC1. The molecule has 5 aliphatic rings. The molecule has 1 unspecified atom stereocenters. The van der Waals surface area contributed by atoms with Gasteiger partial charge in [-0.2, -0.15) is 0 Å². The van der Waals surface area contributed by atoms with E-state index in [4.69, 9.17) is 17.2 Å². The number of rotatable bonds is 7. The normalized spacial score (nSPS) is 24.9. The van der Waals surface area contributed by atoms with Crippen LogP contribution < -0.4 is 27.4 Å². The molecule has 44 heavy (non-hydrogen) atoms. The van der Waals surface area contributed by atoms with Crippen LogP contribution in [0.2, 0.25) is 0 Å². The molecule has 0 aromatic heterocycles. The maximum absolute atomic E-state index is 13.2. The lowest BCUT2D eigenvalue weighted by Crippen LogP contribution is -2.60. The summed E-state index contributed by atoms with van der Waals surface area (Å²) < 4.78 is 0. The number of hydrogen-bond donors (Lipinski definition) is 4. The standard InChI is InChI=1S/C31H40N8O5/c32-23(27(34)41)3-5-25(33)37-11-7-19(8-12-37)16-36-13-9-31(10-14-36)17-38(18-31)20-1-2-21-22(15-20)30(44)39(29(21)43)24-4-6-26(40)35-28(24)42/h1-3,5,15,19,24H,4,6-14,16-18,32-33H2,(H2,34,41)(H,35,40,42)/b23-3-,25-5+. The van der Waals surface area contributed by atoms with Crippen molar-refractivity contribution in [1.29, 1.82) is 0 Å². The Hall–Kier alpha value is -4.39. The van der Waals surface area contributed by atoms with Crippen LogP contribution in [0.15, 0.2) is 41.9 Å². The van der Waals surface area contributed by atoms with Crippen LogP contribution in [0.3, 0.4) is 0 Å². The van der Waals surface area contributed by atoms with Gasteiger partial charge in [0.05, 0.1) is 22.6 Å². The zero-order valence-corrected chi connectivity index (χ0v) is 24.8. The average Bonchev–Trinajstić information content (AvgIpc) is 3.24. The molecular formula is C31H40N8O5. The van der Waals surface area contributed by atoms with E-state index >= 15 is 0 Å². The zero-order chi connectivity index (χ0) is 31.2. The molecule has 1 aromatic rings. The van der Waals surface area contributed by atoms with Gasteiger partial charge in [-0.15, -0.1) is 0 Å². The molecule has 5 aliphatic heterocycles. The van der Waals surface area contributed by atoms with E-state index in [-0.39, 0.29) is 29.9 Å². The number of amides is 5. The van der Waals surface area contributed by atoms with Crippen molar-refractivity contribution < 1.29 is 24.0 Å². The molecule has 1 spiro atoms. The largest absolute Gasteiger partial charge is 0.394 e. The van der Waals surface area contributed by atoms with Crippen molar-refractivity contribution in [3.05, 3.63) is 53.0 Å². The Morgan fingerprint density at radius 1 is 0.909 bits per heavy atom. The highest BCUT2D eigenvalue weighted by Gasteiger charge is 2.47. The Bertz CT molecular complexity index is 1450. The van der Waals surface area contributed by atoms with E-state index in [0.29, 0.717) is 22.9 Å². The summed E-state index contributed by atoms with van der Waals surface area (Å²) in [5, 5.41) is 2.24. The smallest absolute Gasteiger partial charge is 0.264 e. The van der Waals surface area contributed by atoms with Crippen LogP contribution in [-0.2, 0) is 14.4 Å². The summed E-state index contributed by atoms with van der Waals surface area (Å²) in [7, 11) is 0. The molecule has 1 atom stereocenters. The van der Waals surface area contributed by atoms with Gasteiger partial charge in [0.1, 0.15) is 6.04 Å². The number of nitrogens with zero attached hydrogens (tertiary/aromatic N) is 4. The number of nitrogens with two attached hydrogens (primary N) is 3. The summed E-state index contributed by atoms with van der Waals surface area (Å²) in [5.41, 5.74) is 18.7. The second-order valence-electron chi connectivity index (χ2n) is 12.8. The molecule has 6 rings (SSSR count). The molecule has 4 saturated heterocycles. The molecule has 13 heteroatoms. The summed E-state index contributed by atoms with van der Waals surface area (Å²) in [6, 6.07) is 4.39. The van der Waals surface area contributed by atoms with Crippen molar-refractivity contribution in [2.75, 3.05) is 50.7 Å². The number of benzene rings is 1. The van der Waals surface area contributed by atoms with E-state index in [9.17, 15) is 24.0 Å². The van der Waals surface area contributed by atoms with Crippen molar-refractivity contribution in [2.24, 2.45) is 28.5 Å². The molecular weight excluding hydrogens is 564 g/mol. The third-order valence-corrected chi connectivity index (χ3v) is 9.97. The molecule has 5 heterocycles. The monoisotopic (exact) mass is 604 g/mol. The predicted octanol–water partition coefficient (Wildman–Crippen LogP) is -0.170. The Morgan fingerprint density at radius 2 is 1.59 bits per heavy atom. The lowest BCUT2D eigenvalue weighted by atomic mass is 9.71. The highest BCUT2D eigenvalue weighted by atomic mass is 16.2. The van der Waals surface area contributed by atoms with Crippen LogP contribution in [0.5, 0.6) is 0 Å². The molecule has 13 nitrogen and oxygen atoms in total. The van der Waals surface area contributed by atoms with Crippen LogP contribution in [-0.4, -0.2) is 96.1 Å². The lowest BCUT2D eigenvalue weighted by Gasteiger charge is -2.55. The molecule has 0 saturated carbocycles. The molecule has 5 amide bonds. The molecule has 0 bridgehead atoms. The Kier molecular flexibility index (Phi) is 7.82. The first-order valence-corrected chi connectivity index (χ1v) is 15.3.